The third-order valence-electron chi connectivity index (χ3n) is 17.8. The Morgan fingerprint density at radius 3 is 2.24 bits per heavy atom. The van der Waals surface area contributed by atoms with Gasteiger partial charge in [-0.2, -0.15) is 0 Å². The van der Waals surface area contributed by atoms with Gasteiger partial charge in [0.25, 0.3) is 0 Å². The molecule has 0 aromatic carbocycles. The Morgan fingerprint density at radius 2 is 1.56 bits per heavy atom. The number of alkyl halides is 1. The molecule has 13 atom stereocenters. The molecule has 8 rings (SSSR count). The second-order valence-corrected chi connectivity index (χ2v) is 20.5. The zero-order valence-electron chi connectivity index (χ0n) is 33.9. The molecule has 2 saturated heterocycles. The Hall–Kier alpha value is -2.29. The van der Waals surface area contributed by atoms with E-state index < -0.39 is 23.5 Å². The average molecular weight is 751 g/mol. The van der Waals surface area contributed by atoms with Crippen LogP contribution in [0.1, 0.15) is 131 Å². The van der Waals surface area contributed by atoms with Gasteiger partial charge in [0.15, 0.2) is 5.78 Å². The van der Waals surface area contributed by atoms with E-state index in [0.717, 1.165) is 96.0 Å². The fourth-order valence-electron chi connectivity index (χ4n) is 14.9. The maximum atomic E-state index is 15.2. The van der Waals surface area contributed by atoms with Crippen molar-refractivity contribution in [3.05, 3.63) is 11.1 Å². The number of likely N-dealkylation sites (tertiary alicyclic amines) is 2. The highest BCUT2D eigenvalue weighted by molar-refractivity contribution is 6.07. The lowest BCUT2D eigenvalue weighted by Crippen LogP contribution is -2.61. The van der Waals surface area contributed by atoms with Gasteiger partial charge in [0, 0.05) is 38.6 Å². The molecule has 54 heavy (non-hydrogen) atoms. The summed E-state index contributed by atoms with van der Waals surface area (Å²) in [4.78, 5) is 58.6. The summed E-state index contributed by atoms with van der Waals surface area (Å²) in [5, 5.41) is 9.46. The van der Waals surface area contributed by atoms with E-state index in [4.69, 9.17) is 4.74 Å². The van der Waals surface area contributed by atoms with E-state index in [-0.39, 0.29) is 70.2 Å². The highest BCUT2D eigenvalue weighted by Gasteiger charge is 2.67. The van der Waals surface area contributed by atoms with Crippen molar-refractivity contribution in [1.29, 1.82) is 0 Å². The van der Waals surface area contributed by atoms with Crippen LogP contribution in [0.4, 0.5) is 4.39 Å². The maximum Gasteiger partial charge on any atom is 0.309 e. The van der Waals surface area contributed by atoms with Crippen LogP contribution < -0.4 is 0 Å². The highest BCUT2D eigenvalue weighted by Crippen LogP contribution is 2.72. The van der Waals surface area contributed by atoms with E-state index in [1.54, 1.807) is 0 Å². The van der Waals surface area contributed by atoms with Gasteiger partial charge in [-0.05, 0) is 147 Å². The summed E-state index contributed by atoms with van der Waals surface area (Å²) >= 11 is 0. The van der Waals surface area contributed by atoms with Crippen molar-refractivity contribution in [3.63, 3.8) is 0 Å². The number of fused-ring (bicyclic) bond motifs is 7. The summed E-state index contributed by atoms with van der Waals surface area (Å²) < 4.78 is 20.2. The number of nitrogens with zero attached hydrogens (tertiary/aromatic N) is 2. The fourth-order valence-corrected chi connectivity index (χ4v) is 14.9. The number of ketones is 1. The molecular weight excluding hydrogens is 684 g/mol. The molecule has 6 aliphatic carbocycles. The van der Waals surface area contributed by atoms with Crippen molar-refractivity contribution in [3.8, 4) is 0 Å². The third-order valence-corrected chi connectivity index (χ3v) is 17.8. The van der Waals surface area contributed by atoms with E-state index in [1.807, 2.05) is 6.92 Å². The highest BCUT2D eigenvalue weighted by atomic mass is 19.1. The van der Waals surface area contributed by atoms with Crippen molar-refractivity contribution in [2.45, 2.75) is 150 Å². The molecular formula is C45H67FN2O6. The number of carbonyl (C=O) groups is 4. The van der Waals surface area contributed by atoms with Gasteiger partial charge in [-0.15, -0.1) is 0 Å². The van der Waals surface area contributed by atoms with Crippen molar-refractivity contribution < 1.29 is 33.4 Å². The summed E-state index contributed by atoms with van der Waals surface area (Å²) in [5.74, 6) is 0.465. The monoisotopic (exact) mass is 750 g/mol. The number of ether oxygens (including phenoxy) is 1. The predicted octanol–water partition coefficient (Wildman–Crippen LogP) is 7.88. The van der Waals surface area contributed by atoms with Gasteiger partial charge >= 0.3 is 11.9 Å². The molecule has 0 spiro atoms. The van der Waals surface area contributed by atoms with Crippen LogP contribution in [0.5, 0.6) is 0 Å². The second kappa shape index (κ2) is 14.0. The Balaban J connectivity index is 1.01. The van der Waals surface area contributed by atoms with Gasteiger partial charge in [0.2, 0.25) is 5.91 Å². The number of piperidine rings is 1. The van der Waals surface area contributed by atoms with Crippen LogP contribution in [0.15, 0.2) is 11.1 Å². The minimum Gasteiger partial charge on any atom is -0.481 e. The minimum atomic E-state index is -0.817. The zero-order valence-corrected chi connectivity index (χ0v) is 33.9. The molecule has 8 aliphatic rings. The molecule has 1 N–H and O–H groups in total. The lowest BCUT2D eigenvalue weighted by molar-refractivity contribution is -0.197. The quantitative estimate of drug-likeness (QED) is 0.264. The van der Waals surface area contributed by atoms with E-state index in [0.29, 0.717) is 43.4 Å². The normalized spacial score (nSPS) is 45.3. The van der Waals surface area contributed by atoms with Crippen molar-refractivity contribution in [2.75, 3.05) is 26.2 Å². The molecule has 0 radical (unpaired) electrons. The van der Waals surface area contributed by atoms with Crippen molar-refractivity contribution >= 4 is 23.6 Å². The molecule has 1 amide bonds. The number of amides is 1. The average Bonchev–Trinajstić information content (AvgIpc) is 3.71. The van der Waals surface area contributed by atoms with Gasteiger partial charge in [-0.3, -0.25) is 19.2 Å². The number of halogens is 1. The molecule has 9 heteroatoms. The summed E-state index contributed by atoms with van der Waals surface area (Å²) in [6.45, 7) is 16.6. The van der Waals surface area contributed by atoms with Crippen LogP contribution >= 0.6 is 0 Å². The van der Waals surface area contributed by atoms with Crippen LogP contribution in [0, 0.1) is 69.5 Å². The number of rotatable bonds is 7. The SMILES string of the molecule is CC(C)C1=C2C3CCC4C(C)(CCC5C(C)C(OC(=O)C6CC(C(=O)O)C6C)CCC54C)C3CCC2(C(=O)N2CCCC2CN2CCC(F)CC2)CC1=O. The largest absolute Gasteiger partial charge is 0.481 e. The third kappa shape index (κ3) is 5.87. The fraction of sp³-hybridized carbons (Fsp3) is 0.867. The Bertz CT molecular complexity index is 1570. The number of carboxylic acids is 1. The topological polar surface area (TPSA) is 104 Å². The van der Waals surface area contributed by atoms with Crippen LogP contribution in [0.3, 0.4) is 0 Å². The van der Waals surface area contributed by atoms with Crippen LogP contribution in [0.2, 0.25) is 0 Å². The number of hydrogen-bond acceptors (Lipinski definition) is 6. The number of carboxylic acid groups (broad SMARTS) is 1. The van der Waals surface area contributed by atoms with E-state index in [1.165, 1.54) is 5.57 Å². The standard InChI is InChI=1S/C45H67FN2O6/c1-25(2)38-35(49)23-45(42(53)48-19-7-8-29(48)24-47-20-14-28(46)15-21-47)18-12-34-30(39(38)45)9-10-37-43(5)17-13-36(27(4)33(43)11-16-44(34,37)6)54-41(52)32-22-31(26(32)3)40(50)51/h25-34,36-37H,7-24H2,1-6H3,(H,50,51). The van der Waals surface area contributed by atoms with Gasteiger partial charge in [0.05, 0.1) is 17.3 Å². The first kappa shape index (κ1) is 38.6. The molecule has 0 aromatic heterocycles. The Morgan fingerprint density at radius 1 is 0.870 bits per heavy atom. The molecule has 8 nitrogen and oxygen atoms in total. The predicted molar refractivity (Wildman–Crippen MR) is 204 cm³/mol. The van der Waals surface area contributed by atoms with Crippen LogP contribution in [0.25, 0.3) is 0 Å². The number of Topliss-reactive ketones (excluding diaryl/α,β-unsaturated/α-hetero) is 1. The Labute approximate surface area is 322 Å². The molecule has 0 bridgehead atoms. The number of allylic oxidation sites excluding steroid dienone is 1. The summed E-state index contributed by atoms with van der Waals surface area (Å²) in [6.07, 6.45) is 11.0. The molecule has 5 saturated carbocycles. The zero-order chi connectivity index (χ0) is 38.5. The lowest BCUT2D eigenvalue weighted by atomic mass is 9.38. The van der Waals surface area contributed by atoms with Crippen LogP contribution in [-0.2, 0) is 23.9 Å². The molecule has 0 aromatic rings. The Kier molecular flexibility index (Phi) is 9.98. The van der Waals surface area contributed by atoms with Gasteiger partial charge < -0.3 is 19.6 Å². The summed E-state index contributed by atoms with van der Waals surface area (Å²) in [7, 11) is 0. The molecule has 2 aliphatic heterocycles. The van der Waals surface area contributed by atoms with Gasteiger partial charge in [-0.1, -0.05) is 41.5 Å². The van der Waals surface area contributed by atoms with E-state index in [9.17, 15) is 23.9 Å². The summed E-state index contributed by atoms with van der Waals surface area (Å²) in [5.41, 5.74) is 1.73. The minimum absolute atomic E-state index is 0.0906. The van der Waals surface area contributed by atoms with Crippen molar-refractivity contribution in [1.82, 2.24) is 9.80 Å². The van der Waals surface area contributed by atoms with Gasteiger partial charge in [-0.25, -0.2) is 4.39 Å². The van der Waals surface area contributed by atoms with Crippen LogP contribution in [-0.4, -0.2) is 83.0 Å². The lowest BCUT2D eigenvalue weighted by Gasteiger charge is -2.67. The van der Waals surface area contributed by atoms with E-state index in [2.05, 4.69) is 44.4 Å². The number of esters is 1. The molecule has 300 valence electrons. The van der Waals surface area contributed by atoms with Crippen molar-refractivity contribution in [2.24, 2.45) is 69.5 Å². The number of carbonyl (C=O) groups excluding carboxylic acids is 3. The molecule has 2 heterocycles. The van der Waals surface area contributed by atoms with Gasteiger partial charge in [0.1, 0.15) is 12.3 Å². The number of hydrogen-bond donors (Lipinski definition) is 1. The molecule has 13 unspecified atom stereocenters. The summed E-state index contributed by atoms with van der Waals surface area (Å²) in [6, 6.07) is 0.138. The first-order valence-electron chi connectivity index (χ1n) is 22.0. The first-order chi connectivity index (χ1) is 25.6. The molecule has 7 fully saturated rings. The maximum absolute atomic E-state index is 15.2. The number of aliphatic carboxylic acids is 1. The second-order valence-electron chi connectivity index (χ2n) is 20.5. The van der Waals surface area contributed by atoms with E-state index >= 15 is 4.79 Å². The smallest absolute Gasteiger partial charge is 0.309 e. The first-order valence-corrected chi connectivity index (χ1v) is 22.0.